The molecule has 1 aromatic rings. The topological polar surface area (TPSA) is 49.5 Å². The van der Waals surface area contributed by atoms with Crippen LogP contribution >= 0.6 is 11.3 Å². The molecule has 1 fully saturated rings. The van der Waals surface area contributed by atoms with Gasteiger partial charge in [-0.1, -0.05) is 19.9 Å². The summed E-state index contributed by atoms with van der Waals surface area (Å²) in [6, 6.07) is 4.76. The lowest BCUT2D eigenvalue weighted by Gasteiger charge is -2.41. The molecule has 102 valence electrons. The molecule has 18 heavy (non-hydrogen) atoms. The third-order valence-corrected chi connectivity index (χ3v) is 4.94. The van der Waals surface area contributed by atoms with Crippen LogP contribution in [0.4, 0.5) is 0 Å². The average molecular weight is 268 g/mol. The highest BCUT2D eigenvalue weighted by atomic mass is 32.1. The summed E-state index contributed by atoms with van der Waals surface area (Å²) in [6.07, 6.45) is 1.69. The van der Waals surface area contributed by atoms with Gasteiger partial charge >= 0.3 is 0 Å². The van der Waals surface area contributed by atoms with E-state index in [-0.39, 0.29) is 12.1 Å². The van der Waals surface area contributed by atoms with Gasteiger partial charge < -0.3 is 10.8 Å². The van der Waals surface area contributed by atoms with Gasteiger partial charge in [0.1, 0.15) is 0 Å². The molecule has 4 atom stereocenters. The van der Waals surface area contributed by atoms with Gasteiger partial charge in [0, 0.05) is 24.0 Å². The maximum atomic E-state index is 9.85. The second-order valence-corrected chi connectivity index (χ2v) is 6.34. The molecule has 0 bridgehead atoms. The van der Waals surface area contributed by atoms with Gasteiger partial charge in [-0.15, -0.1) is 11.3 Å². The molecule has 2 rings (SSSR count). The van der Waals surface area contributed by atoms with Crippen molar-refractivity contribution in [1.82, 2.24) is 4.90 Å². The molecule has 0 amide bonds. The number of rotatable bonds is 4. The smallest absolute Gasteiger partial charge is 0.0593 e. The first-order valence-corrected chi connectivity index (χ1v) is 7.72. The molecule has 3 nitrogen and oxygen atoms in total. The van der Waals surface area contributed by atoms with Gasteiger partial charge in [-0.05, 0) is 30.2 Å². The summed E-state index contributed by atoms with van der Waals surface area (Å²) in [7, 11) is 0. The highest BCUT2D eigenvalue weighted by Gasteiger charge is 2.32. The van der Waals surface area contributed by atoms with E-state index in [2.05, 4.69) is 36.3 Å². The highest BCUT2D eigenvalue weighted by molar-refractivity contribution is 7.10. The van der Waals surface area contributed by atoms with Crippen molar-refractivity contribution in [2.75, 3.05) is 13.1 Å². The van der Waals surface area contributed by atoms with Crippen molar-refractivity contribution in [2.24, 2.45) is 11.7 Å². The Labute approximate surface area is 114 Å². The zero-order valence-corrected chi connectivity index (χ0v) is 12.1. The number of piperidine rings is 1. The zero-order valence-electron chi connectivity index (χ0n) is 11.2. The Morgan fingerprint density at radius 3 is 2.94 bits per heavy atom. The maximum absolute atomic E-state index is 9.85. The summed E-state index contributed by atoms with van der Waals surface area (Å²) in [5.41, 5.74) is 6.32. The van der Waals surface area contributed by atoms with Gasteiger partial charge in [-0.3, -0.25) is 4.90 Å². The van der Waals surface area contributed by atoms with Crippen LogP contribution < -0.4 is 5.73 Å². The average Bonchev–Trinajstić information content (AvgIpc) is 2.87. The number of thiophene rings is 1. The van der Waals surface area contributed by atoms with Crippen molar-refractivity contribution >= 4 is 11.3 Å². The first-order chi connectivity index (χ1) is 8.63. The molecule has 0 radical (unpaired) electrons. The first-order valence-electron chi connectivity index (χ1n) is 6.84. The van der Waals surface area contributed by atoms with Crippen LogP contribution in [0.1, 0.15) is 37.6 Å². The second kappa shape index (κ2) is 6.15. The van der Waals surface area contributed by atoms with E-state index in [1.807, 2.05) is 0 Å². The van der Waals surface area contributed by atoms with Gasteiger partial charge in [0.05, 0.1) is 12.1 Å². The number of aliphatic hydroxyl groups is 1. The van der Waals surface area contributed by atoms with Gasteiger partial charge in [-0.25, -0.2) is 0 Å². The second-order valence-electron chi connectivity index (χ2n) is 5.36. The van der Waals surface area contributed by atoms with Crippen LogP contribution in [0, 0.1) is 5.92 Å². The van der Waals surface area contributed by atoms with Crippen molar-refractivity contribution < 1.29 is 5.11 Å². The van der Waals surface area contributed by atoms with E-state index in [9.17, 15) is 5.11 Å². The van der Waals surface area contributed by atoms with E-state index in [1.165, 1.54) is 4.88 Å². The maximum Gasteiger partial charge on any atom is 0.0593 e. The molecule has 0 spiro atoms. The van der Waals surface area contributed by atoms with Gasteiger partial charge in [-0.2, -0.15) is 0 Å². The Morgan fingerprint density at radius 1 is 1.61 bits per heavy atom. The molecular weight excluding hydrogens is 244 g/mol. The molecule has 4 heteroatoms. The Balaban J connectivity index is 2.14. The van der Waals surface area contributed by atoms with Gasteiger partial charge in [0.2, 0.25) is 0 Å². The molecule has 4 unspecified atom stereocenters. The van der Waals surface area contributed by atoms with E-state index >= 15 is 0 Å². The number of likely N-dealkylation sites (tertiary alicyclic amines) is 1. The molecule has 2 heterocycles. The minimum Gasteiger partial charge on any atom is -0.393 e. The predicted octanol–water partition coefficient (Wildman–Crippen LogP) is 2.23. The SMILES string of the molecule is CCC(N)C(c1cccs1)N1CCC(O)C(C)C1. The van der Waals surface area contributed by atoms with Crippen molar-refractivity contribution in [1.29, 1.82) is 0 Å². The molecule has 3 N–H and O–H groups in total. The Kier molecular flexibility index (Phi) is 4.78. The van der Waals surface area contributed by atoms with Crippen LogP contribution in [0.25, 0.3) is 0 Å². The molecule has 0 saturated carbocycles. The highest BCUT2D eigenvalue weighted by Crippen LogP contribution is 2.32. The largest absolute Gasteiger partial charge is 0.393 e. The Bertz CT molecular complexity index is 355. The molecule has 1 aliphatic rings. The van der Waals surface area contributed by atoms with Crippen molar-refractivity contribution in [3.63, 3.8) is 0 Å². The van der Waals surface area contributed by atoms with Crippen molar-refractivity contribution in [3.05, 3.63) is 22.4 Å². The summed E-state index contributed by atoms with van der Waals surface area (Å²) >= 11 is 1.79. The number of nitrogens with two attached hydrogens (primary N) is 1. The number of aliphatic hydroxyl groups excluding tert-OH is 1. The predicted molar refractivity (Wildman–Crippen MR) is 76.7 cm³/mol. The first kappa shape index (κ1) is 14.0. The standard InChI is InChI=1S/C14H24N2OS/c1-3-11(15)14(13-5-4-8-18-13)16-7-6-12(17)10(2)9-16/h4-5,8,10-12,14,17H,3,6-7,9,15H2,1-2H3. The van der Waals surface area contributed by atoms with E-state index in [0.717, 1.165) is 25.9 Å². The lowest BCUT2D eigenvalue weighted by atomic mass is 9.93. The fraction of sp³-hybridized carbons (Fsp3) is 0.714. The minimum absolute atomic E-state index is 0.150. The Morgan fingerprint density at radius 2 is 2.39 bits per heavy atom. The summed E-state index contributed by atoms with van der Waals surface area (Å²) in [4.78, 5) is 3.81. The molecule has 0 aromatic carbocycles. The number of hydrogen-bond donors (Lipinski definition) is 2. The zero-order chi connectivity index (χ0) is 13.1. The van der Waals surface area contributed by atoms with Crippen molar-refractivity contribution in [2.45, 2.75) is 44.9 Å². The normalized spacial score (nSPS) is 29.1. The monoisotopic (exact) mass is 268 g/mol. The molecule has 1 aliphatic heterocycles. The third kappa shape index (κ3) is 2.94. The summed E-state index contributed by atoms with van der Waals surface area (Å²) < 4.78 is 0. The van der Waals surface area contributed by atoms with Crippen LogP contribution in [0.15, 0.2) is 17.5 Å². The fourth-order valence-corrected chi connectivity index (χ4v) is 3.70. The Hall–Kier alpha value is -0.420. The minimum atomic E-state index is -0.150. The number of hydrogen-bond acceptors (Lipinski definition) is 4. The summed E-state index contributed by atoms with van der Waals surface area (Å²) in [6.45, 7) is 6.16. The third-order valence-electron chi connectivity index (χ3n) is 4.00. The van der Waals surface area contributed by atoms with E-state index in [4.69, 9.17) is 5.73 Å². The van der Waals surface area contributed by atoms with Crippen LogP contribution in [0.3, 0.4) is 0 Å². The van der Waals surface area contributed by atoms with Crippen LogP contribution in [0.2, 0.25) is 0 Å². The lowest BCUT2D eigenvalue weighted by Crippen LogP contribution is -2.48. The van der Waals surface area contributed by atoms with Crippen LogP contribution in [-0.4, -0.2) is 35.2 Å². The summed E-state index contributed by atoms with van der Waals surface area (Å²) in [5, 5.41) is 12.0. The molecule has 1 aromatic heterocycles. The molecule has 1 saturated heterocycles. The van der Waals surface area contributed by atoms with Crippen LogP contribution in [-0.2, 0) is 0 Å². The molecule has 0 aliphatic carbocycles. The lowest BCUT2D eigenvalue weighted by molar-refractivity contribution is 0.0119. The van der Waals surface area contributed by atoms with E-state index in [0.29, 0.717) is 12.0 Å². The fourth-order valence-electron chi connectivity index (χ4n) is 2.76. The number of nitrogens with zero attached hydrogens (tertiary/aromatic N) is 1. The quantitative estimate of drug-likeness (QED) is 0.880. The van der Waals surface area contributed by atoms with Gasteiger partial charge in [0.15, 0.2) is 0 Å². The van der Waals surface area contributed by atoms with Crippen molar-refractivity contribution in [3.8, 4) is 0 Å². The van der Waals surface area contributed by atoms with E-state index < -0.39 is 0 Å². The summed E-state index contributed by atoms with van der Waals surface area (Å²) in [5.74, 6) is 0.338. The van der Waals surface area contributed by atoms with Gasteiger partial charge in [0.25, 0.3) is 0 Å². The van der Waals surface area contributed by atoms with Crippen LogP contribution in [0.5, 0.6) is 0 Å². The molecular formula is C14H24N2OS. The van der Waals surface area contributed by atoms with E-state index in [1.54, 1.807) is 11.3 Å².